The molecule has 0 spiro atoms. The van der Waals surface area contributed by atoms with E-state index in [1.165, 1.54) is 17.9 Å². The Morgan fingerprint density at radius 1 is 1.41 bits per heavy atom. The number of halogens is 1. The van der Waals surface area contributed by atoms with Crippen LogP contribution in [0.15, 0.2) is 23.1 Å². The molecule has 2 unspecified atom stereocenters. The summed E-state index contributed by atoms with van der Waals surface area (Å²) in [6.07, 6.45) is 1.43. The summed E-state index contributed by atoms with van der Waals surface area (Å²) in [5.74, 6) is 0.528. The highest BCUT2D eigenvalue weighted by Crippen LogP contribution is 2.55. The van der Waals surface area contributed by atoms with Crippen LogP contribution in [0.25, 0.3) is 0 Å². The molecule has 0 radical (unpaired) electrons. The van der Waals surface area contributed by atoms with E-state index in [4.69, 9.17) is 42.1 Å². The van der Waals surface area contributed by atoms with Crippen LogP contribution < -0.4 is 10.2 Å². The third-order valence-electron chi connectivity index (χ3n) is 4.49. The van der Waals surface area contributed by atoms with Gasteiger partial charge in [0.15, 0.2) is 0 Å². The molecule has 0 saturated heterocycles. The molecule has 158 valence electrons. The van der Waals surface area contributed by atoms with Gasteiger partial charge in [-0.05, 0) is 25.8 Å². The smallest absolute Gasteiger partial charge is 0.403 e. The fraction of sp³-hybridized carbons (Fsp3) is 0.444. The van der Waals surface area contributed by atoms with Crippen LogP contribution in [-0.2, 0) is 31.5 Å². The normalized spacial score (nSPS) is 19.4. The Morgan fingerprint density at radius 3 is 2.90 bits per heavy atom. The number of aryl methyl sites for hydroxylation is 3. The van der Waals surface area contributed by atoms with Crippen LogP contribution in [0, 0.1) is 18.5 Å². The van der Waals surface area contributed by atoms with Gasteiger partial charge in [0.1, 0.15) is 10.4 Å². The van der Waals surface area contributed by atoms with E-state index >= 15 is 0 Å². The maximum absolute atomic E-state index is 12.9. The van der Waals surface area contributed by atoms with E-state index in [2.05, 4.69) is 4.98 Å². The number of nitrogens with zero attached hydrogens (tertiary/aromatic N) is 1. The summed E-state index contributed by atoms with van der Waals surface area (Å²) >= 11 is 10.9. The van der Waals surface area contributed by atoms with Gasteiger partial charge in [-0.2, -0.15) is 0 Å². The Kier molecular flexibility index (Phi) is 6.98. The maximum Gasteiger partial charge on any atom is 0.530 e. The minimum Gasteiger partial charge on any atom is -0.403 e. The summed E-state index contributed by atoms with van der Waals surface area (Å²) in [5, 5.41) is 0.280. The topological polar surface area (TPSA) is 91.8 Å². The number of hydrogen-bond acceptors (Lipinski definition) is 7. The molecule has 1 aromatic carbocycles. The van der Waals surface area contributed by atoms with Crippen molar-refractivity contribution in [2.45, 2.75) is 39.5 Å². The van der Waals surface area contributed by atoms with Crippen molar-refractivity contribution in [2.24, 2.45) is 0 Å². The Bertz CT molecular complexity index is 1070. The summed E-state index contributed by atoms with van der Waals surface area (Å²) in [5.41, 5.74) is 2.40. The van der Waals surface area contributed by atoms with Crippen LogP contribution in [0.5, 0.6) is 5.75 Å². The predicted molar refractivity (Wildman–Crippen MR) is 111 cm³/mol. The van der Waals surface area contributed by atoms with Gasteiger partial charge >= 0.3 is 13.5 Å². The number of ether oxygens (including phenoxy) is 1. The van der Waals surface area contributed by atoms with Gasteiger partial charge in [0.25, 0.3) is 0 Å². The molecule has 8 nitrogen and oxygen atoms in total. The van der Waals surface area contributed by atoms with Crippen LogP contribution in [0.1, 0.15) is 23.1 Å². The molecule has 1 N–H and O–H groups in total. The van der Waals surface area contributed by atoms with Crippen molar-refractivity contribution in [3.8, 4) is 5.75 Å². The molecule has 1 aliphatic rings. The molecule has 1 aromatic heterocycles. The molecule has 1 aliphatic heterocycles. The van der Waals surface area contributed by atoms with Gasteiger partial charge in [-0.1, -0.05) is 41.5 Å². The Hall–Kier alpha value is -1.48. The lowest BCUT2D eigenvalue weighted by Gasteiger charge is -2.27. The van der Waals surface area contributed by atoms with Gasteiger partial charge in [0.05, 0.1) is 24.3 Å². The van der Waals surface area contributed by atoms with Crippen LogP contribution in [0.3, 0.4) is 0 Å². The number of nitrogens with one attached hydrogen (secondary N) is 1. The van der Waals surface area contributed by atoms with Gasteiger partial charge in [0, 0.05) is 25.4 Å². The van der Waals surface area contributed by atoms with E-state index in [1.54, 1.807) is 0 Å². The van der Waals surface area contributed by atoms with Crippen LogP contribution in [0.4, 0.5) is 0 Å². The quantitative estimate of drug-likeness (QED) is 0.486. The molecule has 29 heavy (non-hydrogen) atoms. The van der Waals surface area contributed by atoms with E-state index in [0.29, 0.717) is 18.7 Å². The van der Waals surface area contributed by atoms with Gasteiger partial charge in [-0.15, -0.1) is 0 Å². The Labute approximate surface area is 178 Å². The number of phosphoric acid groups is 1. The van der Waals surface area contributed by atoms with E-state index in [-0.39, 0.29) is 28.6 Å². The highest BCUT2D eigenvalue weighted by Gasteiger charge is 2.35. The first-order chi connectivity index (χ1) is 13.7. The largest absolute Gasteiger partial charge is 0.530 e. The highest BCUT2D eigenvalue weighted by atomic mass is 35.5. The second kappa shape index (κ2) is 9.12. The molecule has 0 aliphatic carbocycles. The van der Waals surface area contributed by atoms with Crippen LogP contribution >= 0.6 is 31.6 Å². The van der Waals surface area contributed by atoms with Gasteiger partial charge < -0.3 is 9.26 Å². The van der Waals surface area contributed by atoms with Crippen molar-refractivity contribution in [2.75, 3.05) is 13.7 Å². The average molecular weight is 461 g/mol. The molecule has 2 heterocycles. The number of aromatic amines is 1. The number of rotatable bonds is 7. The van der Waals surface area contributed by atoms with E-state index in [0.717, 1.165) is 16.7 Å². The first-order valence-corrected chi connectivity index (χ1v) is 11.2. The second-order valence-electron chi connectivity index (χ2n) is 6.75. The third kappa shape index (κ3) is 5.36. The van der Waals surface area contributed by atoms with E-state index in [9.17, 15) is 9.36 Å². The number of aromatic nitrogens is 2. The predicted octanol–water partition coefficient (Wildman–Crippen LogP) is 4.32. The molecule has 0 amide bonds. The first kappa shape index (κ1) is 22.2. The third-order valence-corrected chi connectivity index (χ3v) is 6.53. The maximum atomic E-state index is 12.9. The highest BCUT2D eigenvalue weighted by molar-refractivity contribution is 7.71. The zero-order chi connectivity index (χ0) is 21.2. The molecule has 0 fully saturated rings. The van der Waals surface area contributed by atoms with Gasteiger partial charge in [-0.3, -0.25) is 18.6 Å². The number of methoxy groups -OCH3 is 1. The van der Waals surface area contributed by atoms with Crippen LogP contribution in [0.2, 0.25) is 5.02 Å². The first-order valence-electron chi connectivity index (χ1n) is 8.91. The van der Waals surface area contributed by atoms with Crippen molar-refractivity contribution in [3.05, 3.63) is 55.2 Å². The SMILES string of the molecule is COC(CCn1cc(Cl)c(=S)[nH]c1=O)COP1(=O)OCc2cc(C)cc(C)c2O1. The summed E-state index contributed by atoms with van der Waals surface area (Å²) in [6.45, 7) is 4.27. The number of H-pyrrole nitrogens is 1. The summed E-state index contributed by atoms with van der Waals surface area (Å²) in [7, 11) is -2.26. The summed E-state index contributed by atoms with van der Waals surface area (Å²) in [6, 6.07) is 3.87. The molecule has 2 atom stereocenters. The van der Waals surface area contributed by atoms with Crippen LogP contribution in [-0.4, -0.2) is 29.4 Å². The molecule has 0 saturated carbocycles. The molecular weight excluding hydrogens is 439 g/mol. The van der Waals surface area contributed by atoms with Crippen molar-refractivity contribution in [1.29, 1.82) is 0 Å². The molecule has 0 bridgehead atoms. The Morgan fingerprint density at radius 2 is 2.17 bits per heavy atom. The summed E-state index contributed by atoms with van der Waals surface area (Å²) < 4.78 is 36.2. The van der Waals surface area contributed by atoms with Crippen molar-refractivity contribution in [1.82, 2.24) is 9.55 Å². The minimum absolute atomic E-state index is 0.0284. The lowest BCUT2D eigenvalue weighted by molar-refractivity contribution is 0.0300. The summed E-state index contributed by atoms with van der Waals surface area (Å²) in [4.78, 5) is 14.4. The standard InChI is InChI=1S/C18H22ClN2O6PS/c1-11-6-12(2)16-13(7-11)9-25-28(23,27-16)26-10-14(24-3)4-5-21-8-15(19)17(29)20-18(21)22/h6-8,14H,4-5,9-10H2,1-3H3,(H,20,22,29). The minimum atomic E-state index is -3.76. The molecular formula is C18H22ClN2O6PS. The number of phosphoric ester groups is 1. The zero-order valence-electron chi connectivity index (χ0n) is 16.3. The van der Waals surface area contributed by atoms with Crippen molar-refractivity contribution < 1.29 is 22.9 Å². The number of fused-ring (bicyclic) bond motifs is 1. The lowest BCUT2D eigenvalue weighted by atomic mass is 10.1. The molecule has 11 heteroatoms. The monoisotopic (exact) mass is 460 g/mol. The fourth-order valence-corrected chi connectivity index (χ4v) is 4.62. The average Bonchev–Trinajstić information content (AvgIpc) is 2.66. The van der Waals surface area contributed by atoms with Gasteiger partial charge in [-0.25, -0.2) is 9.36 Å². The Balaban J connectivity index is 1.62. The lowest BCUT2D eigenvalue weighted by Crippen LogP contribution is -2.27. The number of hydrogen-bond donors (Lipinski definition) is 1. The van der Waals surface area contributed by atoms with Crippen molar-refractivity contribution in [3.63, 3.8) is 0 Å². The second-order valence-corrected chi connectivity index (χ2v) is 9.16. The zero-order valence-corrected chi connectivity index (χ0v) is 18.7. The van der Waals surface area contributed by atoms with E-state index in [1.807, 2.05) is 26.0 Å². The van der Waals surface area contributed by atoms with Gasteiger partial charge in [0.2, 0.25) is 0 Å². The fourth-order valence-electron chi connectivity index (χ4n) is 3.01. The van der Waals surface area contributed by atoms with Crippen molar-refractivity contribution >= 4 is 31.6 Å². The van der Waals surface area contributed by atoms with E-state index < -0.39 is 13.9 Å². The molecule has 2 aromatic rings. The number of benzene rings is 1. The molecule has 3 rings (SSSR count).